The van der Waals surface area contributed by atoms with E-state index in [0.29, 0.717) is 18.9 Å². The van der Waals surface area contributed by atoms with E-state index in [1.54, 1.807) is 0 Å². The Labute approximate surface area is 152 Å². The summed E-state index contributed by atoms with van der Waals surface area (Å²) in [4.78, 5) is 25.4. The van der Waals surface area contributed by atoms with Crippen LogP contribution >= 0.6 is 0 Å². The van der Waals surface area contributed by atoms with Crippen molar-refractivity contribution in [1.82, 2.24) is 9.21 Å². The summed E-state index contributed by atoms with van der Waals surface area (Å²) in [6.07, 6.45) is 5.31. The second-order valence-corrected chi connectivity index (χ2v) is 8.86. The fourth-order valence-electron chi connectivity index (χ4n) is 3.80. The number of nitrogens with zero attached hydrogens (tertiary/aromatic N) is 2. The number of amides is 1. The third-order valence-electron chi connectivity index (χ3n) is 5.41. The summed E-state index contributed by atoms with van der Waals surface area (Å²) in [5, 5.41) is 8.50. The molecule has 2 aliphatic rings. The molecule has 2 heterocycles. The molecule has 144 valence electrons. The van der Waals surface area contributed by atoms with E-state index in [2.05, 4.69) is 0 Å². The van der Waals surface area contributed by atoms with Gasteiger partial charge in [0.25, 0.3) is 10.0 Å². The van der Waals surface area contributed by atoms with E-state index in [-0.39, 0.29) is 30.0 Å². The van der Waals surface area contributed by atoms with Crippen molar-refractivity contribution in [3.63, 3.8) is 0 Å². The fraction of sp³-hybridized carbons (Fsp3) is 0.647. The quantitative estimate of drug-likeness (QED) is 0.829. The zero-order valence-corrected chi connectivity index (χ0v) is 15.6. The minimum atomic E-state index is -3.88. The molecule has 1 saturated carbocycles. The fourth-order valence-corrected chi connectivity index (χ4v) is 5.18. The lowest BCUT2D eigenvalue weighted by molar-refractivity contribution is -0.137. The van der Waals surface area contributed by atoms with E-state index >= 15 is 0 Å². The number of carbonyl (C=O) groups excluding carboxylic acids is 1. The second kappa shape index (κ2) is 7.40. The first kappa shape index (κ1) is 18.9. The van der Waals surface area contributed by atoms with Crippen LogP contribution in [-0.2, 0) is 14.8 Å². The zero-order chi connectivity index (χ0) is 18.9. The maximum absolute atomic E-state index is 12.7. The molecule has 0 aromatic carbocycles. The van der Waals surface area contributed by atoms with Gasteiger partial charge in [0.2, 0.25) is 16.8 Å². The lowest BCUT2D eigenvalue weighted by Crippen LogP contribution is -2.45. The number of hydrogen-bond acceptors (Lipinski definition) is 5. The van der Waals surface area contributed by atoms with E-state index in [4.69, 9.17) is 9.52 Å². The number of carbonyl (C=O) groups is 2. The van der Waals surface area contributed by atoms with Crippen LogP contribution in [0.4, 0.5) is 0 Å². The Morgan fingerprint density at radius 2 is 1.77 bits per heavy atom. The molecule has 26 heavy (non-hydrogen) atoms. The summed E-state index contributed by atoms with van der Waals surface area (Å²) in [6.45, 7) is 0.445. The Morgan fingerprint density at radius 3 is 2.31 bits per heavy atom. The average Bonchev–Trinajstić information content (AvgIpc) is 3.32. The van der Waals surface area contributed by atoms with Crippen molar-refractivity contribution in [2.24, 2.45) is 5.92 Å². The first-order valence-electron chi connectivity index (χ1n) is 8.90. The third kappa shape index (κ3) is 3.64. The van der Waals surface area contributed by atoms with Gasteiger partial charge in [0.05, 0.1) is 0 Å². The van der Waals surface area contributed by atoms with E-state index < -0.39 is 21.8 Å². The van der Waals surface area contributed by atoms with Crippen molar-refractivity contribution >= 4 is 21.9 Å². The Bertz CT molecular complexity index is 773. The molecule has 1 aromatic rings. The first-order valence-corrected chi connectivity index (χ1v) is 10.3. The van der Waals surface area contributed by atoms with Crippen LogP contribution in [0.2, 0.25) is 0 Å². The van der Waals surface area contributed by atoms with E-state index in [1.165, 1.54) is 4.31 Å². The van der Waals surface area contributed by atoms with Crippen molar-refractivity contribution < 1.29 is 27.5 Å². The minimum Gasteiger partial charge on any atom is -0.475 e. The molecular weight excluding hydrogens is 360 g/mol. The lowest BCUT2D eigenvalue weighted by Gasteiger charge is -2.34. The van der Waals surface area contributed by atoms with Crippen LogP contribution in [0.3, 0.4) is 0 Å². The van der Waals surface area contributed by atoms with Crippen molar-refractivity contribution in [3.8, 4) is 0 Å². The number of furan rings is 1. The maximum Gasteiger partial charge on any atom is 0.371 e. The molecule has 2 fully saturated rings. The monoisotopic (exact) mass is 384 g/mol. The number of piperidine rings is 1. The SMILES string of the molecule is CN(C(=O)C1CCN(S(=O)(=O)c2ccc(C(=O)O)o2)CC1)C1CCCC1. The van der Waals surface area contributed by atoms with Crippen LogP contribution in [0.25, 0.3) is 0 Å². The van der Waals surface area contributed by atoms with Crippen LogP contribution < -0.4 is 0 Å². The Kier molecular flexibility index (Phi) is 5.38. The van der Waals surface area contributed by atoms with Gasteiger partial charge in [0.15, 0.2) is 0 Å². The number of rotatable bonds is 5. The standard InChI is InChI=1S/C17H24N2O6S/c1-18(13-4-2-3-5-13)16(20)12-8-10-19(11-9-12)26(23,24)15-7-6-14(25-15)17(21)22/h6-7,12-13H,2-5,8-11H2,1H3,(H,21,22). The van der Waals surface area contributed by atoms with E-state index in [1.807, 2.05) is 11.9 Å². The summed E-state index contributed by atoms with van der Waals surface area (Å²) in [5.74, 6) is -1.80. The van der Waals surface area contributed by atoms with Gasteiger partial charge in [0.1, 0.15) is 0 Å². The molecule has 1 aliphatic heterocycles. The topological polar surface area (TPSA) is 108 Å². The van der Waals surface area contributed by atoms with Crippen molar-refractivity contribution in [2.45, 2.75) is 49.7 Å². The van der Waals surface area contributed by atoms with Crippen LogP contribution in [-0.4, -0.2) is 60.8 Å². The largest absolute Gasteiger partial charge is 0.475 e. The highest BCUT2D eigenvalue weighted by Crippen LogP contribution is 2.29. The smallest absolute Gasteiger partial charge is 0.371 e. The normalized spacial score (nSPS) is 20.3. The molecule has 0 spiro atoms. The van der Waals surface area contributed by atoms with Crippen molar-refractivity contribution in [1.29, 1.82) is 0 Å². The first-order chi connectivity index (χ1) is 12.3. The minimum absolute atomic E-state index is 0.0973. The molecule has 1 aromatic heterocycles. The second-order valence-electron chi connectivity index (χ2n) is 6.99. The molecule has 0 radical (unpaired) electrons. The Balaban J connectivity index is 1.61. The van der Waals surface area contributed by atoms with Crippen LogP contribution in [0.1, 0.15) is 49.1 Å². The van der Waals surface area contributed by atoms with Gasteiger partial charge in [-0.05, 0) is 37.8 Å². The lowest BCUT2D eigenvalue weighted by atomic mass is 9.96. The average molecular weight is 384 g/mol. The number of hydrogen-bond donors (Lipinski definition) is 1. The van der Waals surface area contributed by atoms with Gasteiger partial charge in [-0.2, -0.15) is 4.31 Å². The van der Waals surface area contributed by atoms with Gasteiger partial charge >= 0.3 is 5.97 Å². The van der Waals surface area contributed by atoms with Gasteiger partial charge < -0.3 is 14.4 Å². The van der Waals surface area contributed by atoms with Gasteiger partial charge in [-0.1, -0.05) is 12.8 Å². The van der Waals surface area contributed by atoms with Crippen molar-refractivity contribution in [2.75, 3.05) is 20.1 Å². The molecule has 3 rings (SSSR count). The number of sulfonamides is 1. The summed E-state index contributed by atoms with van der Waals surface area (Å²) in [7, 11) is -2.04. The number of aromatic carboxylic acids is 1. The molecule has 1 aliphatic carbocycles. The molecule has 8 nitrogen and oxygen atoms in total. The molecule has 0 atom stereocenters. The maximum atomic E-state index is 12.7. The molecule has 0 unspecified atom stereocenters. The van der Waals surface area contributed by atoms with Gasteiger partial charge in [-0.15, -0.1) is 0 Å². The molecule has 9 heteroatoms. The molecule has 1 N–H and O–H groups in total. The number of carboxylic acids is 1. The third-order valence-corrected chi connectivity index (χ3v) is 7.18. The zero-order valence-electron chi connectivity index (χ0n) is 14.8. The van der Waals surface area contributed by atoms with E-state index in [0.717, 1.165) is 37.8 Å². The van der Waals surface area contributed by atoms with Crippen LogP contribution in [0.5, 0.6) is 0 Å². The number of carboxylic acid groups (broad SMARTS) is 1. The Morgan fingerprint density at radius 1 is 1.15 bits per heavy atom. The predicted octanol–water partition coefficient (Wildman–Crippen LogP) is 1.78. The van der Waals surface area contributed by atoms with Gasteiger partial charge in [-0.25, -0.2) is 13.2 Å². The predicted molar refractivity (Wildman–Crippen MR) is 92.2 cm³/mol. The van der Waals surface area contributed by atoms with Gasteiger partial charge in [0, 0.05) is 32.1 Å². The summed E-state index contributed by atoms with van der Waals surface area (Å²) in [5.41, 5.74) is 0. The summed E-state index contributed by atoms with van der Waals surface area (Å²) in [6, 6.07) is 2.59. The van der Waals surface area contributed by atoms with E-state index in [9.17, 15) is 18.0 Å². The highest BCUT2D eigenvalue weighted by molar-refractivity contribution is 7.89. The highest BCUT2D eigenvalue weighted by Gasteiger charge is 2.36. The Hall–Kier alpha value is -1.87. The van der Waals surface area contributed by atoms with Crippen LogP contribution in [0.15, 0.2) is 21.6 Å². The van der Waals surface area contributed by atoms with Crippen molar-refractivity contribution in [3.05, 3.63) is 17.9 Å². The molecule has 1 saturated heterocycles. The summed E-state index contributed by atoms with van der Waals surface area (Å²) < 4.78 is 31.4. The molecular formula is C17H24N2O6S. The highest BCUT2D eigenvalue weighted by atomic mass is 32.2. The molecule has 1 amide bonds. The summed E-state index contributed by atoms with van der Waals surface area (Å²) >= 11 is 0. The molecule has 0 bridgehead atoms. The van der Waals surface area contributed by atoms with Gasteiger partial charge in [-0.3, -0.25) is 4.79 Å². The van der Waals surface area contributed by atoms with Crippen LogP contribution in [0, 0.1) is 5.92 Å².